The first-order valence-electron chi connectivity index (χ1n) is 9.96. The molecule has 4 rings (SSSR count). The summed E-state index contributed by atoms with van der Waals surface area (Å²) < 4.78 is 1.51. The lowest BCUT2D eigenvalue weighted by atomic mass is 10.2. The molecule has 1 aromatic carbocycles. The zero-order valence-electron chi connectivity index (χ0n) is 16.8. The van der Waals surface area contributed by atoms with Crippen LogP contribution >= 0.6 is 11.6 Å². The van der Waals surface area contributed by atoms with E-state index in [2.05, 4.69) is 30.4 Å². The van der Waals surface area contributed by atoms with E-state index in [0.717, 1.165) is 38.5 Å². The average molecular weight is 426 g/mol. The monoisotopic (exact) mass is 425 g/mol. The number of halogens is 1. The summed E-state index contributed by atoms with van der Waals surface area (Å²) in [5.74, 6) is 0.771. The van der Waals surface area contributed by atoms with Gasteiger partial charge in [0.15, 0.2) is 5.69 Å². The first-order valence-corrected chi connectivity index (χ1v) is 10.3. The molecule has 1 atom stereocenters. The molecule has 1 aliphatic heterocycles. The third-order valence-electron chi connectivity index (χ3n) is 5.08. The second-order valence-electron chi connectivity index (χ2n) is 7.35. The van der Waals surface area contributed by atoms with E-state index in [-0.39, 0.29) is 17.6 Å². The lowest BCUT2D eigenvalue weighted by molar-refractivity contribution is 0.0923. The van der Waals surface area contributed by atoms with Crippen LogP contribution in [-0.4, -0.2) is 69.6 Å². The first-order chi connectivity index (χ1) is 14.6. The molecule has 0 spiro atoms. The van der Waals surface area contributed by atoms with E-state index < -0.39 is 0 Å². The van der Waals surface area contributed by atoms with E-state index in [1.54, 1.807) is 12.3 Å². The summed E-state index contributed by atoms with van der Waals surface area (Å²) in [4.78, 5) is 21.6. The van der Waals surface area contributed by atoms with Crippen LogP contribution in [0.25, 0.3) is 5.69 Å². The summed E-state index contributed by atoms with van der Waals surface area (Å²) in [7, 11) is 0. The summed E-state index contributed by atoms with van der Waals surface area (Å²) in [5, 5.41) is 11.6. The molecule has 1 unspecified atom stereocenters. The number of piperazine rings is 1. The molecule has 3 heterocycles. The number of rotatable bonds is 6. The maximum Gasteiger partial charge on any atom is 0.273 e. The Kier molecular flexibility index (Phi) is 6.25. The second kappa shape index (κ2) is 9.23. The van der Waals surface area contributed by atoms with Crippen molar-refractivity contribution in [3.8, 4) is 5.69 Å². The highest BCUT2D eigenvalue weighted by atomic mass is 35.5. The molecule has 30 heavy (non-hydrogen) atoms. The SMILES string of the molecule is CC(CN1CCN(c2ccccn2)CC1)NC(=O)c1cn(-c2ccccc2Cl)nn1. The van der Waals surface area contributed by atoms with Crippen molar-refractivity contribution in [2.75, 3.05) is 37.6 Å². The van der Waals surface area contributed by atoms with Crippen molar-refractivity contribution in [2.24, 2.45) is 0 Å². The van der Waals surface area contributed by atoms with Crippen LogP contribution in [0.4, 0.5) is 5.82 Å². The summed E-state index contributed by atoms with van der Waals surface area (Å²) in [5.41, 5.74) is 0.950. The van der Waals surface area contributed by atoms with Gasteiger partial charge >= 0.3 is 0 Å². The number of hydrogen-bond acceptors (Lipinski definition) is 6. The lowest BCUT2D eigenvalue weighted by Gasteiger charge is -2.36. The third-order valence-corrected chi connectivity index (χ3v) is 5.40. The number of carbonyl (C=O) groups is 1. The Bertz CT molecular complexity index is 986. The standard InChI is InChI=1S/C21H24ClN7O/c1-16(14-27-10-12-28(13-11-27)20-8-4-5-9-23-20)24-21(30)18-15-29(26-25-18)19-7-3-2-6-17(19)22/h2-9,15-16H,10-14H2,1H3,(H,24,30). The van der Waals surface area contributed by atoms with Gasteiger partial charge in [-0.3, -0.25) is 9.69 Å². The molecule has 0 radical (unpaired) electrons. The number of aromatic nitrogens is 4. The van der Waals surface area contributed by atoms with Crippen LogP contribution in [-0.2, 0) is 0 Å². The van der Waals surface area contributed by atoms with Gasteiger partial charge in [-0.05, 0) is 31.2 Å². The van der Waals surface area contributed by atoms with E-state index in [1.165, 1.54) is 4.68 Å². The largest absolute Gasteiger partial charge is 0.354 e. The Labute approximate surface area is 180 Å². The van der Waals surface area contributed by atoms with Crippen LogP contribution in [0.5, 0.6) is 0 Å². The van der Waals surface area contributed by atoms with Gasteiger partial charge in [0.25, 0.3) is 5.91 Å². The second-order valence-corrected chi connectivity index (χ2v) is 7.76. The maximum absolute atomic E-state index is 12.6. The highest BCUT2D eigenvalue weighted by Gasteiger charge is 2.21. The van der Waals surface area contributed by atoms with Gasteiger partial charge in [-0.15, -0.1) is 5.10 Å². The quantitative estimate of drug-likeness (QED) is 0.652. The Morgan fingerprint density at radius 2 is 1.90 bits per heavy atom. The number of carbonyl (C=O) groups excluding carboxylic acids is 1. The maximum atomic E-state index is 12.6. The van der Waals surface area contributed by atoms with E-state index in [0.29, 0.717) is 10.7 Å². The van der Waals surface area contributed by atoms with Crippen LogP contribution < -0.4 is 10.2 Å². The number of pyridine rings is 1. The van der Waals surface area contributed by atoms with Crippen LogP contribution in [0, 0.1) is 0 Å². The van der Waals surface area contributed by atoms with Crippen LogP contribution in [0.15, 0.2) is 54.9 Å². The fourth-order valence-corrected chi connectivity index (χ4v) is 3.78. The molecule has 1 fully saturated rings. The molecule has 0 aliphatic carbocycles. The van der Waals surface area contributed by atoms with Gasteiger partial charge in [0.1, 0.15) is 5.82 Å². The van der Waals surface area contributed by atoms with Crippen molar-refractivity contribution >= 4 is 23.3 Å². The average Bonchev–Trinajstić information content (AvgIpc) is 3.25. The van der Waals surface area contributed by atoms with E-state index in [4.69, 9.17) is 11.6 Å². The number of anilines is 1. The summed E-state index contributed by atoms with van der Waals surface area (Å²) >= 11 is 6.19. The Hall–Kier alpha value is -2.97. The molecule has 9 heteroatoms. The molecule has 1 saturated heterocycles. The van der Waals surface area contributed by atoms with E-state index in [1.807, 2.05) is 49.5 Å². The number of amides is 1. The van der Waals surface area contributed by atoms with Crippen molar-refractivity contribution in [1.82, 2.24) is 30.2 Å². The van der Waals surface area contributed by atoms with Crippen molar-refractivity contribution in [1.29, 1.82) is 0 Å². The van der Waals surface area contributed by atoms with Gasteiger partial charge in [0.2, 0.25) is 0 Å². The number of para-hydroxylation sites is 1. The molecule has 1 aliphatic rings. The molecule has 8 nitrogen and oxygen atoms in total. The van der Waals surface area contributed by atoms with Gasteiger partial charge in [0, 0.05) is 45.0 Å². The van der Waals surface area contributed by atoms with Crippen LogP contribution in [0.3, 0.4) is 0 Å². The van der Waals surface area contributed by atoms with Crippen LogP contribution in [0.1, 0.15) is 17.4 Å². The third kappa shape index (κ3) is 4.77. The highest BCUT2D eigenvalue weighted by Crippen LogP contribution is 2.18. The molecule has 3 aromatic rings. The predicted molar refractivity (Wildman–Crippen MR) is 116 cm³/mol. The summed E-state index contributed by atoms with van der Waals surface area (Å²) in [6.07, 6.45) is 3.41. The number of nitrogens with zero attached hydrogens (tertiary/aromatic N) is 6. The normalized spacial score (nSPS) is 15.7. The zero-order chi connectivity index (χ0) is 20.9. The fraction of sp³-hybridized carbons (Fsp3) is 0.333. The zero-order valence-corrected chi connectivity index (χ0v) is 17.5. The smallest absolute Gasteiger partial charge is 0.273 e. The Morgan fingerprint density at radius 1 is 1.13 bits per heavy atom. The lowest BCUT2D eigenvalue weighted by Crippen LogP contribution is -2.51. The highest BCUT2D eigenvalue weighted by molar-refractivity contribution is 6.32. The first kappa shape index (κ1) is 20.3. The number of nitrogens with one attached hydrogen (secondary N) is 1. The van der Waals surface area contributed by atoms with E-state index in [9.17, 15) is 4.79 Å². The van der Waals surface area contributed by atoms with Crippen molar-refractivity contribution < 1.29 is 4.79 Å². The molecular weight excluding hydrogens is 402 g/mol. The van der Waals surface area contributed by atoms with Gasteiger partial charge in [-0.1, -0.05) is 35.0 Å². The molecule has 0 saturated carbocycles. The van der Waals surface area contributed by atoms with Gasteiger partial charge < -0.3 is 10.2 Å². The number of benzene rings is 1. The van der Waals surface area contributed by atoms with Gasteiger partial charge in [0.05, 0.1) is 16.9 Å². The van der Waals surface area contributed by atoms with Crippen LogP contribution in [0.2, 0.25) is 5.02 Å². The van der Waals surface area contributed by atoms with Crippen molar-refractivity contribution in [2.45, 2.75) is 13.0 Å². The Morgan fingerprint density at radius 3 is 2.63 bits per heavy atom. The molecule has 0 bridgehead atoms. The molecular formula is C21H24ClN7O. The van der Waals surface area contributed by atoms with E-state index >= 15 is 0 Å². The summed E-state index contributed by atoms with van der Waals surface area (Å²) in [6, 6.07) is 13.3. The topological polar surface area (TPSA) is 79.2 Å². The van der Waals surface area contributed by atoms with Crippen molar-refractivity contribution in [3.05, 3.63) is 65.6 Å². The molecule has 1 amide bonds. The minimum absolute atomic E-state index is 0.00985. The molecule has 156 valence electrons. The van der Waals surface area contributed by atoms with Gasteiger partial charge in [-0.25, -0.2) is 9.67 Å². The fourth-order valence-electron chi connectivity index (χ4n) is 3.55. The van der Waals surface area contributed by atoms with Gasteiger partial charge in [-0.2, -0.15) is 0 Å². The molecule has 1 N–H and O–H groups in total. The predicted octanol–water partition coefficient (Wildman–Crippen LogP) is 2.26. The Balaban J connectivity index is 1.28. The molecule has 2 aromatic heterocycles. The summed E-state index contributed by atoms with van der Waals surface area (Å²) in [6.45, 7) is 6.48. The number of hydrogen-bond donors (Lipinski definition) is 1. The minimum Gasteiger partial charge on any atom is -0.354 e. The minimum atomic E-state index is -0.243. The van der Waals surface area contributed by atoms with Crippen molar-refractivity contribution in [3.63, 3.8) is 0 Å².